The van der Waals surface area contributed by atoms with Crippen LogP contribution in [0.5, 0.6) is 0 Å². The first-order chi connectivity index (χ1) is 15.5. The van der Waals surface area contributed by atoms with Gasteiger partial charge >= 0.3 is 5.97 Å². The van der Waals surface area contributed by atoms with Gasteiger partial charge in [-0.2, -0.15) is 0 Å². The molecule has 32 heavy (non-hydrogen) atoms. The molecule has 1 heterocycles. The summed E-state index contributed by atoms with van der Waals surface area (Å²) in [5.41, 5.74) is 2.48. The van der Waals surface area contributed by atoms with Crippen molar-refractivity contribution in [1.29, 1.82) is 0 Å². The number of amides is 1. The Morgan fingerprint density at radius 1 is 0.812 bits per heavy atom. The normalized spacial score (nSPS) is 20.4. The lowest BCUT2D eigenvalue weighted by atomic mass is 9.82. The van der Waals surface area contributed by atoms with Crippen molar-refractivity contribution in [2.24, 2.45) is 5.92 Å². The first kappa shape index (κ1) is 21.5. The number of hydrogen-bond acceptors (Lipinski definition) is 4. The molecular weight excluding hydrogens is 402 g/mol. The number of ether oxygens (including phenoxy) is 1. The summed E-state index contributed by atoms with van der Waals surface area (Å²) in [6.07, 6.45) is 0. The molecule has 1 saturated heterocycles. The minimum absolute atomic E-state index is 0.264. The van der Waals surface area contributed by atoms with Gasteiger partial charge in [0.2, 0.25) is 5.91 Å². The van der Waals surface area contributed by atoms with Gasteiger partial charge in [-0.05, 0) is 23.6 Å². The number of benzene rings is 3. The van der Waals surface area contributed by atoms with Crippen molar-refractivity contribution in [2.45, 2.75) is 24.9 Å². The van der Waals surface area contributed by atoms with E-state index in [9.17, 15) is 14.4 Å². The summed E-state index contributed by atoms with van der Waals surface area (Å²) in [4.78, 5) is 41.3. The Morgan fingerprint density at radius 2 is 1.28 bits per heavy atom. The molecule has 5 nitrogen and oxygen atoms in total. The molecule has 3 aromatic carbocycles. The SMILES string of the molecule is COC(=O)C1C(c2ccccc2)C(C(C)=O)C(=O)N1C(c1ccccc1)c1ccccc1. The Hall–Kier alpha value is -3.73. The average Bonchev–Trinajstić information content (AvgIpc) is 3.14. The molecule has 1 aliphatic heterocycles. The van der Waals surface area contributed by atoms with E-state index in [4.69, 9.17) is 4.74 Å². The molecule has 162 valence electrons. The molecule has 0 aromatic heterocycles. The summed E-state index contributed by atoms with van der Waals surface area (Å²) in [6, 6.07) is 26.9. The topological polar surface area (TPSA) is 63.7 Å². The maximum atomic E-state index is 13.8. The van der Waals surface area contributed by atoms with Crippen LogP contribution in [-0.4, -0.2) is 35.7 Å². The van der Waals surface area contributed by atoms with Crippen LogP contribution in [0.1, 0.15) is 35.6 Å². The summed E-state index contributed by atoms with van der Waals surface area (Å²) in [5.74, 6) is -2.76. The van der Waals surface area contributed by atoms with E-state index in [2.05, 4.69) is 0 Å². The van der Waals surface area contributed by atoms with Crippen molar-refractivity contribution in [2.75, 3.05) is 7.11 Å². The Kier molecular flexibility index (Phi) is 6.17. The minimum Gasteiger partial charge on any atom is -0.467 e. The molecule has 0 N–H and O–H groups in total. The molecule has 1 aliphatic rings. The average molecular weight is 428 g/mol. The van der Waals surface area contributed by atoms with Gasteiger partial charge in [0.25, 0.3) is 0 Å². The summed E-state index contributed by atoms with van der Waals surface area (Å²) in [5, 5.41) is 0. The fourth-order valence-corrected chi connectivity index (χ4v) is 4.74. The van der Waals surface area contributed by atoms with Crippen molar-refractivity contribution < 1.29 is 19.1 Å². The van der Waals surface area contributed by atoms with E-state index in [-0.39, 0.29) is 11.7 Å². The number of esters is 1. The number of nitrogens with zero attached hydrogens (tertiary/aromatic N) is 1. The fraction of sp³-hybridized carbons (Fsp3) is 0.222. The van der Waals surface area contributed by atoms with Gasteiger partial charge in [0.1, 0.15) is 17.7 Å². The van der Waals surface area contributed by atoms with E-state index < -0.39 is 29.9 Å². The van der Waals surface area contributed by atoms with Gasteiger partial charge in [0, 0.05) is 5.92 Å². The van der Waals surface area contributed by atoms with Gasteiger partial charge in [0.05, 0.1) is 13.2 Å². The van der Waals surface area contributed by atoms with Gasteiger partial charge in [-0.3, -0.25) is 9.59 Å². The number of methoxy groups -OCH3 is 1. The maximum absolute atomic E-state index is 13.8. The van der Waals surface area contributed by atoms with Gasteiger partial charge < -0.3 is 9.64 Å². The third-order valence-electron chi connectivity index (χ3n) is 6.09. The number of Topliss-reactive ketones (excluding diaryl/α,β-unsaturated/α-hetero) is 1. The second-order valence-corrected chi connectivity index (χ2v) is 7.96. The van der Waals surface area contributed by atoms with Crippen molar-refractivity contribution in [1.82, 2.24) is 4.90 Å². The zero-order valence-electron chi connectivity index (χ0n) is 18.0. The molecule has 1 amide bonds. The second-order valence-electron chi connectivity index (χ2n) is 7.96. The molecule has 4 rings (SSSR count). The largest absolute Gasteiger partial charge is 0.467 e. The van der Waals surface area contributed by atoms with Crippen molar-refractivity contribution in [3.8, 4) is 0 Å². The smallest absolute Gasteiger partial charge is 0.329 e. The lowest BCUT2D eigenvalue weighted by Gasteiger charge is -2.34. The first-order valence-electron chi connectivity index (χ1n) is 10.6. The van der Waals surface area contributed by atoms with Crippen molar-refractivity contribution in [3.05, 3.63) is 108 Å². The molecular formula is C27H25NO4. The van der Waals surface area contributed by atoms with E-state index in [0.29, 0.717) is 0 Å². The van der Waals surface area contributed by atoms with Crippen molar-refractivity contribution in [3.63, 3.8) is 0 Å². The van der Waals surface area contributed by atoms with Crippen LogP contribution in [0, 0.1) is 5.92 Å². The van der Waals surface area contributed by atoms with Crippen LogP contribution in [0.2, 0.25) is 0 Å². The quantitative estimate of drug-likeness (QED) is 0.438. The van der Waals surface area contributed by atoms with Crippen LogP contribution in [-0.2, 0) is 19.1 Å². The Morgan fingerprint density at radius 3 is 1.72 bits per heavy atom. The van der Waals surface area contributed by atoms with E-state index in [1.807, 2.05) is 91.0 Å². The lowest BCUT2D eigenvalue weighted by molar-refractivity contribution is -0.151. The third-order valence-corrected chi connectivity index (χ3v) is 6.09. The highest BCUT2D eigenvalue weighted by molar-refractivity contribution is 6.06. The molecule has 0 radical (unpaired) electrons. The zero-order chi connectivity index (χ0) is 22.7. The van der Waals surface area contributed by atoms with E-state index in [1.54, 1.807) is 4.90 Å². The van der Waals surface area contributed by atoms with Crippen LogP contribution in [0.4, 0.5) is 0 Å². The number of rotatable bonds is 6. The third kappa shape index (κ3) is 3.82. The van der Waals surface area contributed by atoms with Crippen LogP contribution in [0.15, 0.2) is 91.0 Å². The predicted molar refractivity (Wildman–Crippen MR) is 121 cm³/mol. The van der Waals surface area contributed by atoms with Crippen LogP contribution >= 0.6 is 0 Å². The van der Waals surface area contributed by atoms with Crippen LogP contribution < -0.4 is 0 Å². The van der Waals surface area contributed by atoms with Gasteiger partial charge in [0.15, 0.2) is 0 Å². The highest BCUT2D eigenvalue weighted by atomic mass is 16.5. The second kappa shape index (κ2) is 9.18. The number of carbonyl (C=O) groups excluding carboxylic acids is 3. The molecule has 3 aromatic rings. The maximum Gasteiger partial charge on any atom is 0.329 e. The molecule has 0 bridgehead atoms. The number of carbonyl (C=O) groups is 3. The molecule has 3 unspecified atom stereocenters. The summed E-state index contributed by atoms with van der Waals surface area (Å²) >= 11 is 0. The Balaban J connectivity index is 1.94. The van der Waals surface area contributed by atoms with Crippen LogP contribution in [0.25, 0.3) is 0 Å². The minimum atomic E-state index is -0.962. The van der Waals surface area contributed by atoms with E-state index in [0.717, 1.165) is 16.7 Å². The molecule has 3 atom stereocenters. The van der Waals surface area contributed by atoms with Crippen molar-refractivity contribution >= 4 is 17.7 Å². The monoisotopic (exact) mass is 427 g/mol. The molecule has 1 fully saturated rings. The molecule has 0 spiro atoms. The highest BCUT2D eigenvalue weighted by Gasteiger charge is 2.56. The predicted octanol–water partition coefficient (Wildman–Crippen LogP) is 4.15. The van der Waals surface area contributed by atoms with Gasteiger partial charge in [-0.1, -0.05) is 91.0 Å². The van der Waals surface area contributed by atoms with Crippen LogP contribution in [0.3, 0.4) is 0 Å². The number of ketones is 1. The van der Waals surface area contributed by atoms with E-state index >= 15 is 0 Å². The molecule has 0 aliphatic carbocycles. The van der Waals surface area contributed by atoms with Gasteiger partial charge in [-0.25, -0.2) is 4.79 Å². The van der Waals surface area contributed by atoms with Gasteiger partial charge in [-0.15, -0.1) is 0 Å². The summed E-state index contributed by atoms with van der Waals surface area (Å²) in [6.45, 7) is 1.41. The Bertz CT molecular complexity index is 1060. The Labute approximate surface area is 187 Å². The lowest BCUT2D eigenvalue weighted by Crippen LogP contribution is -2.44. The highest BCUT2D eigenvalue weighted by Crippen LogP contribution is 2.46. The molecule has 5 heteroatoms. The number of hydrogen-bond donors (Lipinski definition) is 0. The summed E-state index contributed by atoms with van der Waals surface area (Å²) < 4.78 is 5.17. The zero-order valence-corrected chi connectivity index (χ0v) is 18.0. The first-order valence-corrected chi connectivity index (χ1v) is 10.6. The fourth-order valence-electron chi connectivity index (χ4n) is 4.74. The summed E-state index contributed by atoms with van der Waals surface area (Å²) in [7, 11) is 1.31. The standard InChI is InChI=1S/C27H25NO4/c1-18(29)22-23(19-12-6-3-7-13-19)25(27(31)32-2)28(26(22)30)24(20-14-8-4-9-15-20)21-16-10-5-11-17-21/h3-17,22-25H,1-2H3. The molecule has 0 saturated carbocycles. The number of likely N-dealkylation sites (tertiary alicyclic amines) is 1. The van der Waals surface area contributed by atoms with E-state index in [1.165, 1.54) is 14.0 Å².